The zero-order chi connectivity index (χ0) is 16.4. The Balaban J connectivity index is 1.79. The van der Waals surface area contributed by atoms with Gasteiger partial charge in [0.25, 0.3) is 5.91 Å². The van der Waals surface area contributed by atoms with Gasteiger partial charge in [-0.1, -0.05) is 34.2 Å². The highest BCUT2D eigenvalue weighted by Crippen LogP contribution is 2.18. The summed E-state index contributed by atoms with van der Waals surface area (Å²) < 4.78 is 35.8. The van der Waals surface area contributed by atoms with Gasteiger partial charge < -0.3 is 4.90 Å². The normalized spacial score (nSPS) is 17.2. The molecular formula is C16H17FN2O3S. The SMILES string of the molecule is O=C(c1ccc2ccccc2c1)N1CCCN(S(=O)(=O)F)CC1. The van der Waals surface area contributed by atoms with Gasteiger partial charge in [-0.25, -0.2) is 0 Å². The molecule has 1 aliphatic heterocycles. The van der Waals surface area contributed by atoms with E-state index in [4.69, 9.17) is 0 Å². The maximum atomic E-state index is 13.1. The Morgan fingerprint density at radius 3 is 2.43 bits per heavy atom. The van der Waals surface area contributed by atoms with Crippen molar-refractivity contribution in [1.82, 2.24) is 9.21 Å². The second-order valence-corrected chi connectivity index (χ2v) is 6.89. The van der Waals surface area contributed by atoms with Gasteiger partial charge in [0.2, 0.25) is 0 Å². The van der Waals surface area contributed by atoms with Gasteiger partial charge in [-0.05, 0) is 29.3 Å². The average Bonchev–Trinajstić information content (AvgIpc) is 2.79. The summed E-state index contributed by atoms with van der Waals surface area (Å²) in [4.78, 5) is 14.2. The number of hydrogen-bond acceptors (Lipinski definition) is 3. The van der Waals surface area contributed by atoms with E-state index < -0.39 is 10.4 Å². The Morgan fingerprint density at radius 1 is 0.957 bits per heavy atom. The minimum atomic E-state index is -4.70. The van der Waals surface area contributed by atoms with E-state index in [1.165, 1.54) is 0 Å². The minimum absolute atomic E-state index is 0.0157. The summed E-state index contributed by atoms with van der Waals surface area (Å²) in [6, 6.07) is 13.2. The summed E-state index contributed by atoms with van der Waals surface area (Å²) in [5.74, 6) is -0.158. The fourth-order valence-electron chi connectivity index (χ4n) is 2.82. The van der Waals surface area contributed by atoms with Crippen LogP contribution in [0.1, 0.15) is 16.8 Å². The molecule has 0 spiro atoms. The number of amides is 1. The van der Waals surface area contributed by atoms with Crippen LogP contribution in [0.15, 0.2) is 42.5 Å². The van der Waals surface area contributed by atoms with Gasteiger partial charge in [0.15, 0.2) is 0 Å². The predicted molar refractivity (Wildman–Crippen MR) is 86.1 cm³/mol. The monoisotopic (exact) mass is 336 g/mol. The molecule has 0 atom stereocenters. The number of halogens is 1. The molecule has 2 aromatic rings. The molecular weight excluding hydrogens is 319 g/mol. The second-order valence-electron chi connectivity index (χ2n) is 5.55. The molecule has 0 aromatic heterocycles. The Kier molecular flexibility index (Phi) is 4.32. The average molecular weight is 336 g/mol. The van der Waals surface area contributed by atoms with Crippen molar-refractivity contribution in [3.63, 3.8) is 0 Å². The number of hydrogen-bond donors (Lipinski definition) is 0. The van der Waals surface area contributed by atoms with Crippen molar-refractivity contribution in [3.8, 4) is 0 Å². The lowest BCUT2D eigenvalue weighted by Crippen LogP contribution is -2.36. The number of fused-ring (bicyclic) bond motifs is 1. The number of carbonyl (C=O) groups excluding carboxylic acids is 1. The molecule has 0 radical (unpaired) electrons. The Morgan fingerprint density at radius 2 is 1.70 bits per heavy atom. The zero-order valence-corrected chi connectivity index (χ0v) is 13.3. The van der Waals surface area contributed by atoms with Crippen LogP contribution in [-0.2, 0) is 10.4 Å². The second kappa shape index (κ2) is 6.25. The third kappa shape index (κ3) is 3.51. The maximum absolute atomic E-state index is 13.1. The van der Waals surface area contributed by atoms with Crippen LogP contribution in [0.4, 0.5) is 3.89 Å². The first-order valence-corrected chi connectivity index (χ1v) is 8.77. The first kappa shape index (κ1) is 15.9. The summed E-state index contributed by atoms with van der Waals surface area (Å²) in [5, 5.41) is 2.02. The van der Waals surface area contributed by atoms with Gasteiger partial charge in [-0.2, -0.15) is 12.7 Å². The van der Waals surface area contributed by atoms with Gasteiger partial charge in [-0.15, -0.1) is 0 Å². The van der Waals surface area contributed by atoms with Crippen molar-refractivity contribution in [2.45, 2.75) is 6.42 Å². The van der Waals surface area contributed by atoms with Gasteiger partial charge in [0.1, 0.15) is 0 Å². The third-order valence-electron chi connectivity index (χ3n) is 4.05. The number of benzene rings is 2. The Labute approximate surface area is 134 Å². The van der Waals surface area contributed by atoms with Crippen molar-refractivity contribution in [3.05, 3.63) is 48.0 Å². The molecule has 7 heteroatoms. The maximum Gasteiger partial charge on any atom is 0.374 e. The fourth-order valence-corrected chi connectivity index (χ4v) is 3.47. The van der Waals surface area contributed by atoms with Crippen molar-refractivity contribution in [2.24, 2.45) is 0 Å². The lowest BCUT2D eigenvalue weighted by atomic mass is 10.1. The molecule has 0 unspecified atom stereocenters. The van der Waals surface area contributed by atoms with Crippen molar-refractivity contribution >= 4 is 27.1 Å². The predicted octanol–water partition coefficient (Wildman–Crippen LogP) is 2.20. The Hall–Kier alpha value is -1.99. The molecule has 23 heavy (non-hydrogen) atoms. The van der Waals surface area contributed by atoms with Crippen LogP contribution in [0, 0.1) is 0 Å². The smallest absolute Gasteiger partial charge is 0.337 e. The highest BCUT2D eigenvalue weighted by molar-refractivity contribution is 7.83. The van der Waals surface area contributed by atoms with Gasteiger partial charge in [-0.3, -0.25) is 4.79 Å². The topological polar surface area (TPSA) is 57.7 Å². The van der Waals surface area contributed by atoms with Crippen LogP contribution in [0.5, 0.6) is 0 Å². The lowest BCUT2D eigenvalue weighted by molar-refractivity contribution is 0.0764. The molecule has 0 aliphatic carbocycles. The highest BCUT2D eigenvalue weighted by Gasteiger charge is 2.26. The van der Waals surface area contributed by atoms with Crippen LogP contribution >= 0.6 is 0 Å². The summed E-state index contributed by atoms with van der Waals surface area (Å²) in [6.45, 7) is 0.685. The summed E-state index contributed by atoms with van der Waals surface area (Å²) in [5.41, 5.74) is 0.556. The summed E-state index contributed by atoms with van der Waals surface area (Å²) in [6.07, 6.45) is 0.419. The van der Waals surface area contributed by atoms with E-state index in [1.807, 2.05) is 36.4 Å². The molecule has 1 saturated heterocycles. The Bertz CT molecular complexity index is 838. The third-order valence-corrected chi connectivity index (χ3v) is 5.03. The molecule has 3 rings (SSSR count). The zero-order valence-electron chi connectivity index (χ0n) is 12.5. The van der Waals surface area contributed by atoms with Crippen molar-refractivity contribution < 1.29 is 17.1 Å². The van der Waals surface area contributed by atoms with E-state index in [9.17, 15) is 17.1 Å². The van der Waals surface area contributed by atoms with E-state index in [1.54, 1.807) is 11.0 Å². The molecule has 1 aliphatic rings. The van der Waals surface area contributed by atoms with E-state index in [-0.39, 0.29) is 25.5 Å². The van der Waals surface area contributed by atoms with Crippen LogP contribution in [-0.4, -0.2) is 49.7 Å². The number of carbonyl (C=O) groups is 1. The molecule has 1 heterocycles. The van der Waals surface area contributed by atoms with E-state index in [2.05, 4.69) is 0 Å². The van der Waals surface area contributed by atoms with Gasteiger partial charge in [0, 0.05) is 31.7 Å². The summed E-state index contributed by atoms with van der Waals surface area (Å²) >= 11 is 0. The molecule has 0 bridgehead atoms. The molecule has 2 aromatic carbocycles. The molecule has 1 amide bonds. The van der Waals surface area contributed by atoms with E-state index in [0.717, 1.165) is 15.1 Å². The van der Waals surface area contributed by atoms with E-state index >= 15 is 0 Å². The quantitative estimate of drug-likeness (QED) is 0.790. The first-order valence-electron chi connectivity index (χ1n) is 7.43. The van der Waals surface area contributed by atoms with Crippen LogP contribution in [0.25, 0.3) is 10.8 Å². The molecule has 1 fully saturated rings. The highest BCUT2D eigenvalue weighted by atomic mass is 32.3. The largest absolute Gasteiger partial charge is 0.374 e. The lowest BCUT2D eigenvalue weighted by Gasteiger charge is -2.20. The molecule has 0 saturated carbocycles. The summed E-state index contributed by atoms with van der Waals surface area (Å²) in [7, 11) is -4.70. The first-order chi connectivity index (χ1) is 10.9. The van der Waals surface area contributed by atoms with Crippen molar-refractivity contribution in [1.29, 1.82) is 0 Å². The molecule has 5 nitrogen and oxygen atoms in total. The number of nitrogens with zero attached hydrogens (tertiary/aromatic N) is 2. The molecule has 122 valence electrons. The van der Waals surface area contributed by atoms with E-state index in [0.29, 0.717) is 18.5 Å². The van der Waals surface area contributed by atoms with Gasteiger partial charge in [0.05, 0.1) is 0 Å². The molecule has 0 N–H and O–H groups in total. The minimum Gasteiger partial charge on any atom is -0.337 e. The number of rotatable bonds is 2. The van der Waals surface area contributed by atoms with Crippen molar-refractivity contribution in [2.75, 3.05) is 26.2 Å². The fraction of sp³-hybridized carbons (Fsp3) is 0.312. The van der Waals surface area contributed by atoms with Crippen LogP contribution in [0.2, 0.25) is 0 Å². The standard InChI is InChI=1S/C16H17FN2O3S/c17-23(21,22)19-9-3-8-18(10-11-19)16(20)15-7-6-13-4-1-2-5-14(13)12-15/h1-2,4-7,12H,3,8-11H2. The van der Waals surface area contributed by atoms with Crippen LogP contribution in [0.3, 0.4) is 0 Å². The van der Waals surface area contributed by atoms with Gasteiger partial charge >= 0.3 is 10.4 Å². The van der Waals surface area contributed by atoms with Crippen LogP contribution < -0.4 is 0 Å².